The number of allylic oxidation sites excluding steroid dienone is 1. The molecule has 1 atom stereocenters. The van der Waals surface area contributed by atoms with Crippen molar-refractivity contribution in [3.63, 3.8) is 0 Å². The largest absolute Gasteiger partial charge is 0.394 e. The summed E-state index contributed by atoms with van der Waals surface area (Å²) in [7, 11) is 0. The number of benzene rings is 2. The lowest BCUT2D eigenvalue weighted by molar-refractivity contribution is 0.0916. The van der Waals surface area contributed by atoms with Crippen molar-refractivity contribution in [3.8, 4) is 0 Å². The van der Waals surface area contributed by atoms with Crippen molar-refractivity contribution in [2.45, 2.75) is 12.5 Å². The van der Waals surface area contributed by atoms with Crippen molar-refractivity contribution in [1.29, 1.82) is 0 Å². The summed E-state index contributed by atoms with van der Waals surface area (Å²) in [6, 6.07) is 20.2. The zero-order valence-electron chi connectivity index (χ0n) is 16.8. The van der Waals surface area contributed by atoms with E-state index in [4.69, 9.17) is 11.6 Å². The van der Waals surface area contributed by atoms with Crippen LogP contribution in [-0.2, 0) is 6.42 Å². The van der Waals surface area contributed by atoms with Crippen molar-refractivity contribution in [3.05, 3.63) is 106 Å². The Bertz CT molecular complexity index is 1130. The van der Waals surface area contributed by atoms with Crippen LogP contribution in [0.5, 0.6) is 0 Å². The average Bonchev–Trinajstić information content (AvgIpc) is 3.30. The summed E-state index contributed by atoms with van der Waals surface area (Å²) in [4.78, 5) is 22.0. The summed E-state index contributed by atoms with van der Waals surface area (Å²) in [6.45, 7) is 0.373. The molecule has 0 saturated carbocycles. The number of hydrogen-bond acceptors (Lipinski definition) is 4. The Morgan fingerprint density at radius 2 is 1.84 bits per heavy atom. The molecule has 2 aromatic carbocycles. The Kier molecular flexibility index (Phi) is 6.55. The molecule has 0 radical (unpaired) electrons. The van der Waals surface area contributed by atoms with Gasteiger partial charge in [0.15, 0.2) is 0 Å². The zero-order chi connectivity index (χ0) is 21.6. The Morgan fingerprint density at radius 1 is 1.06 bits per heavy atom. The third-order valence-corrected chi connectivity index (χ3v) is 5.38. The van der Waals surface area contributed by atoms with Crippen LogP contribution < -0.4 is 5.32 Å². The zero-order valence-corrected chi connectivity index (χ0v) is 17.6. The number of nitrogens with one attached hydrogen (secondary N) is 1. The third-order valence-electron chi connectivity index (χ3n) is 5.13. The van der Waals surface area contributed by atoms with Crippen LogP contribution in [0.2, 0.25) is 5.02 Å². The molecule has 156 valence electrons. The Labute approximate surface area is 186 Å². The van der Waals surface area contributed by atoms with Gasteiger partial charge in [0.2, 0.25) is 0 Å². The minimum Gasteiger partial charge on any atom is -0.394 e. The second kappa shape index (κ2) is 9.69. The first-order chi connectivity index (χ1) is 15.1. The number of aromatic nitrogens is 1. The lowest BCUT2D eigenvalue weighted by Gasteiger charge is -2.17. The number of aliphatic hydroxyl groups is 1. The number of carbonyl (C=O) groups excluding carboxylic acids is 1. The molecule has 0 saturated heterocycles. The standard InChI is InChI=1S/C25H22ClN3O2/c26-19-10-8-17(9-11-19)18-13-24(28-15-18)22-6-1-2-7-23(22)25(31)29-21(16-30)14-20-5-3-4-12-27-20/h1-13,21,30H,14-16H2,(H,29,31)/t21-/m1/s1. The number of pyridine rings is 1. The van der Waals surface area contributed by atoms with E-state index >= 15 is 0 Å². The molecule has 1 amide bonds. The number of hydrogen-bond donors (Lipinski definition) is 2. The first kappa shape index (κ1) is 21.0. The van der Waals surface area contributed by atoms with E-state index in [1.54, 1.807) is 12.3 Å². The molecule has 1 aromatic heterocycles. The van der Waals surface area contributed by atoms with Crippen molar-refractivity contribution in [2.24, 2.45) is 4.99 Å². The summed E-state index contributed by atoms with van der Waals surface area (Å²) in [5.41, 5.74) is 4.99. The van der Waals surface area contributed by atoms with E-state index in [0.29, 0.717) is 23.6 Å². The quantitative estimate of drug-likeness (QED) is 0.594. The summed E-state index contributed by atoms with van der Waals surface area (Å²) in [6.07, 6.45) is 4.16. The molecule has 0 unspecified atom stereocenters. The average molecular weight is 432 g/mol. The predicted molar refractivity (Wildman–Crippen MR) is 124 cm³/mol. The number of aliphatic hydroxyl groups excluding tert-OH is 1. The fourth-order valence-electron chi connectivity index (χ4n) is 3.53. The molecule has 2 heterocycles. The molecule has 0 fully saturated rings. The van der Waals surface area contributed by atoms with Crippen LogP contribution in [0, 0.1) is 0 Å². The van der Waals surface area contributed by atoms with Gasteiger partial charge in [-0.15, -0.1) is 0 Å². The van der Waals surface area contributed by atoms with Crippen LogP contribution in [0.25, 0.3) is 5.57 Å². The highest BCUT2D eigenvalue weighted by Crippen LogP contribution is 2.24. The Balaban J connectivity index is 1.53. The third kappa shape index (κ3) is 5.08. The minimum absolute atomic E-state index is 0.175. The number of nitrogens with zero attached hydrogens (tertiary/aromatic N) is 2. The van der Waals surface area contributed by atoms with Crippen molar-refractivity contribution in [2.75, 3.05) is 13.2 Å². The van der Waals surface area contributed by atoms with E-state index in [-0.39, 0.29) is 12.5 Å². The van der Waals surface area contributed by atoms with E-state index < -0.39 is 6.04 Å². The van der Waals surface area contributed by atoms with Crippen molar-refractivity contribution in [1.82, 2.24) is 10.3 Å². The first-order valence-electron chi connectivity index (χ1n) is 10.1. The van der Waals surface area contributed by atoms with Gasteiger partial charge >= 0.3 is 0 Å². The van der Waals surface area contributed by atoms with E-state index in [9.17, 15) is 9.90 Å². The minimum atomic E-state index is -0.429. The van der Waals surface area contributed by atoms with E-state index in [2.05, 4.69) is 15.3 Å². The molecule has 4 rings (SSSR count). The van der Waals surface area contributed by atoms with Gasteiger partial charge in [-0.1, -0.05) is 48.0 Å². The second-order valence-corrected chi connectivity index (χ2v) is 7.74. The van der Waals surface area contributed by atoms with Crippen LogP contribution in [0.15, 0.2) is 84.0 Å². The molecule has 0 bridgehead atoms. The summed E-state index contributed by atoms with van der Waals surface area (Å²) < 4.78 is 0. The van der Waals surface area contributed by atoms with Gasteiger partial charge in [0.1, 0.15) is 0 Å². The normalized spacial score (nSPS) is 14.0. The van der Waals surface area contributed by atoms with Gasteiger partial charge in [-0.05, 0) is 47.5 Å². The molecule has 1 aliphatic rings. The van der Waals surface area contributed by atoms with E-state index in [0.717, 1.165) is 28.1 Å². The maximum atomic E-state index is 13.0. The fraction of sp³-hybridized carbons (Fsp3) is 0.160. The van der Waals surface area contributed by atoms with Crippen LogP contribution >= 0.6 is 11.6 Å². The van der Waals surface area contributed by atoms with Gasteiger partial charge in [-0.2, -0.15) is 0 Å². The van der Waals surface area contributed by atoms with Gasteiger partial charge < -0.3 is 10.4 Å². The van der Waals surface area contributed by atoms with Crippen LogP contribution in [0.4, 0.5) is 0 Å². The highest BCUT2D eigenvalue weighted by atomic mass is 35.5. The molecule has 31 heavy (non-hydrogen) atoms. The Hall–Kier alpha value is -3.28. The number of carbonyl (C=O) groups is 1. The summed E-state index contributed by atoms with van der Waals surface area (Å²) in [5, 5.41) is 13.4. The van der Waals surface area contributed by atoms with E-state index in [1.807, 2.05) is 66.7 Å². The molecular formula is C25H22ClN3O2. The first-order valence-corrected chi connectivity index (χ1v) is 10.4. The number of aliphatic imine (C=N–C) groups is 1. The highest BCUT2D eigenvalue weighted by Gasteiger charge is 2.20. The molecule has 0 aliphatic carbocycles. The maximum Gasteiger partial charge on any atom is 0.252 e. The van der Waals surface area contributed by atoms with Gasteiger partial charge in [-0.25, -0.2) is 0 Å². The summed E-state index contributed by atoms with van der Waals surface area (Å²) >= 11 is 5.99. The van der Waals surface area contributed by atoms with Crippen LogP contribution in [0.1, 0.15) is 27.2 Å². The molecule has 5 nitrogen and oxygen atoms in total. The second-order valence-electron chi connectivity index (χ2n) is 7.30. The summed E-state index contributed by atoms with van der Waals surface area (Å²) in [5.74, 6) is -0.248. The van der Waals surface area contributed by atoms with Gasteiger partial charge in [0.25, 0.3) is 5.91 Å². The van der Waals surface area contributed by atoms with Crippen LogP contribution in [-0.4, -0.2) is 40.9 Å². The molecule has 2 N–H and O–H groups in total. The van der Waals surface area contributed by atoms with Crippen LogP contribution in [0.3, 0.4) is 0 Å². The van der Waals surface area contributed by atoms with Gasteiger partial charge in [0.05, 0.1) is 24.9 Å². The molecular weight excluding hydrogens is 410 g/mol. The lowest BCUT2D eigenvalue weighted by atomic mass is 9.99. The smallest absolute Gasteiger partial charge is 0.252 e. The number of rotatable bonds is 7. The molecule has 6 heteroatoms. The molecule has 1 aliphatic heterocycles. The lowest BCUT2D eigenvalue weighted by Crippen LogP contribution is -2.39. The SMILES string of the molecule is O=C(N[C@@H](CO)Cc1ccccn1)c1ccccc1C1=NCC(c2ccc(Cl)cc2)=C1. The Morgan fingerprint density at radius 3 is 2.58 bits per heavy atom. The molecule has 3 aromatic rings. The predicted octanol–water partition coefficient (Wildman–Crippen LogP) is 3.95. The number of amides is 1. The number of halogens is 1. The molecule has 0 spiro atoms. The van der Waals surface area contributed by atoms with Crippen molar-refractivity contribution < 1.29 is 9.90 Å². The van der Waals surface area contributed by atoms with Gasteiger partial charge in [0, 0.05) is 34.5 Å². The van der Waals surface area contributed by atoms with Crippen molar-refractivity contribution >= 4 is 28.8 Å². The maximum absolute atomic E-state index is 13.0. The highest BCUT2D eigenvalue weighted by molar-refractivity contribution is 6.30. The van der Waals surface area contributed by atoms with Gasteiger partial charge in [-0.3, -0.25) is 14.8 Å². The fourth-order valence-corrected chi connectivity index (χ4v) is 3.65. The topological polar surface area (TPSA) is 74.6 Å². The monoisotopic (exact) mass is 431 g/mol. The van der Waals surface area contributed by atoms with E-state index in [1.165, 1.54) is 0 Å².